The first-order valence-corrected chi connectivity index (χ1v) is 6.48. The fraction of sp³-hybridized carbons (Fsp3) is 0.200. The van der Waals surface area contributed by atoms with Gasteiger partial charge in [-0.25, -0.2) is 15.0 Å². The highest BCUT2D eigenvalue weighted by atomic mass is 16.5. The smallest absolute Gasteiger partial charge is 0.303 e. The third-order valence-corrected chi connectivity index (χ3v) is 3.18. The molecule has 1 aromatic carbocycles. The summed E-state index contributed by atoms with van der Waals surface area (Å²) < 4.78 is 5.19. The predicted octanol–water partition coefficient (Wildman–Crippen LogP) is 2.20. The zero-order valence-electron chi connectivity index (χ0n) is 11.4. The first-order valence-electron chi connectivity index (χ1n) is 6.48. The Morgan fingerprint density at radius 2 is 2.10 bits per heavy atom. The minimum Gasteiger partial charge on any atom is -0.497 e. The number of benzene rings is 1. The lowest BCUT2D eigenvalue weighted by molar-refractivity contribution is -0.137. The van der Waals surface area contributed by atoms with E-state index >= 15 is 0 Å². The summed E-state index contributed by atoms with van der Waals surface area (Å²) in [6, 6.07) is 7.56. The Kier molecular flexibility index (Phi) is 3.35. The number of aryl methyl sites for hydroxylation is 1. The van der Waals surface area contributed by atoms with Gasteiger partial charge in [0.2, 0.25) is 0 Å². The van der Waals surface area contributed by atoms with Crippen molar-refractivity contribution >= 4 is 27.9 Å². The average Bonchev–Trinajstić information content (AvgIpc) is 2.50. The summed E-state index contributed by atoms with van der Waals surface area (Å²) >= 11 is 0. The lowest BCUT2D eigenvalue weighted by atomic mass is 10.2. The molecule has 21 heavy (non-hydrogen) atoms. The molecule has 0 spiro atoms. The van der Waals surface area contributed by atoms with E-state index in [1.807, 2.05) is 24.3 Å². The number of fused-ring (bicyclic) bond motifs is 2. The molecule has 2 aromatic heterocycles. The molecule has 0 bridgehead atoms. The SMILES string of the molecule is COc1ccc2nc3nc(CCC(=O)O)ncc3cc2c1. The molecule has 0 radical (unpaired) electrons. The minimum atomic E-state index is -0.864. The maximum Gasteiger partial charge on any atom is 0.303 e. The van der Waals surface area contributed by atoms with Gasteiger partial charge in [-0.15, -0.1) is 0 Å². The van der Waals surface area contributed by atoms with Crippen LogP contribution in [-0.4, -0.2) is 33.1 Å². The summed E-state index contributed by atoms with van der Waals surface area (Å²) in [6.45, 7) is 0. The molecule has 6 heteroatoms. The molecule has 3 rings (SSSR count). The number of rotatable bonds is 4. The second kappa shape index (κ2) is 5.32. The minimum absolute atomic E-state index is 0.0102. The molecule has 106 valence electrons. The monoisotopic (exact) mass is 283 g/mol. The third kappa shape index (κ3) is 2.74. The van der Waals surface area contributed by atoms with Crippen molar-refractivity contribution in [2.24, 2.45) is 0 Å². The van der Waals surface area contributed by atoms with Crippen LogP contribution in [0.15, 0.2) is 30.5 Å². The van der Waals surface area contributed by atoms with Crippen LogP contribution in [0.1, 0.15) is 12.2 Å². The number of aliphatic carboxylic acids is 1. The predicted molar refractivity (Wildman–Crippen MR) is 77.3 cm³/mol. The van der Waals surface area contributed by atoms with Crippen molar-refractivity contribution in [2.75, 3.05) is 7.11 Å². The van der Waals surface area contributed by atoms with E-state index < -0.39 is 5.97 Å². The van der Waals surface area contributed by atoms with Crippen LogP contribution in [0, 0.1) is 0 Å². The molecule has 0 aliphatic rings. The quantitative estimate of drug-likeness (QED) is 0.739. The van der Waals surface area contributed by atoms with E-state index in [1.54, 1.807) is 13.3 Å². The van der Waals surface area contributed by atoms with Crippen molar-refractivity contribution in [3.05, 3.63) is 36.3 Å². The number of carboxylic acid groups (broad SMARTS) is 1. The summed E-state index contributed by atoms with van der Waals surface area (Å²) in [6.07, 6.45) is 1.98. The maximum atomic E-state index is 10.6. The first-order chi connectivity index (χ1) is 10.2. The number of pyridine rings is 1. The molecular weight excluding hydrogens is 270 g/mol. The molecule has 0 fully saturated rings. The molecule has 0 saturated heterocycles. The molecule has 3 aromatic rings. The lowest BCUT2D eigenvalue weighted by Crippen LogP contribution is -2.02. The highest BCUT2D eigenvalue weighted by Crippen LogP contribution is 2.22. The van der Waals surface area contributed by atoms with Crippen LogP contribution < -0.4 is 4.74 Å². The van der Waals surface area contributed by atoms with E-state index in [0.717, 1.165) is 22.0 Å². The fourth-order valence-corrected chi connectivity index (χ4v) is 2.11. The van der Waals surface area contributed by atoms with Gasteiger partial charge in [0, 0.05) is 23.4 Å². The molecule has 0 saturated carbocycles. The molecule has 0 aliphatic heterocycles. The molecule has 2 heterocycles. The third-order valence-electron chi connectivity index (χ3n) is 3.18. The Labute approximate surface area is 120 Å². The number of hydrogen-bond donors (Lipinski definition) is 1. The van der Waals surface area contributed by atoms with Gasteiger partial charge >= 0.3 is 5.97 Å². The molecular formula is C15H13N3O3. The Hall–Kier alpha value is -2.76. The molecule has 0 unspecified atom stereocenters. The topological polar surface area (TPSA) is 85.2 Å². The van der Waals surface area contributed by atoms with Crippen LogP contribution in [-0.2, 0) is 11.2 Å². The first kappa shape index (κ1) is 13.2. The summed E-state index contributed by atoms with van der Waals surface area (Å²) in [7, 11) is 1.62. The van der Waals surface area contributed by atoms with Gasteiger partial charge < -0.3 is 9.84 Å². The Morgan fingerprint density at radius 1 is 1.24 bits per heavy atom. The van der Waals surface area contributed by atoms with E-state index in [2.05, 4.69) is 15.0 Å². The van der Waals surface area contributed by atoms with Crippen molar-refractivity contribution in [2.45, 2.75) is 12.8 Å². The number of hydrogen-bond acceptors (Lipinski definition) is 5. The summed E-state index contributed by atoms with van der Waals surface area (Å²) in [5.41, 5.74) is 1.38. The number of carboxylic acids is 1. The summed E-state index contributed by atoms with van der Waals surface area (Å²) in [5.74, 6) is 0.394. The van der Waals surface area contributed by atoms with Gasteiger partial charge in [0.1, 0.15) is 11.6 Å². The molecule has 0 atom stereocenters. The van der Waals surface area contributed by atoms with Gasteiger partial charge in [0.15, 0.2) is 5.65 Å². The zero-order valence-corrected chi connectivity index (χ0v) is 11.4. The van der Waals surface area contributed by atoms with Crippen LogP contribution in [0.25, 0.3) is 21.9 Å². The largest absolute Gasteiger partial charge is 0.497 e. The van der Waals surface area contributed by atoms with Crippen molar-refractivity contribution in [3.8, 4) is 5.75 Å². The van der Waals surface area contributed by atoms with E-state index in [-0.39, 0.29) is 6.42 Å². The maximum absolute atomic E-state index is 10.6. The highest BCUT2D eigenvalue weighted by molar-refractivity contribution is 5.91. The van der Waals surface area contributed by atoms with Crippen LogP contribution >= 0.6 is 0 Å². The van der Waals surface area contributed by atoms with Crippen LogP contribution in [0.4, 0.5) is 0 Å². The Balaban J connectivity index is 2.05. The van der Waals surface area contributed by atoms with Gasteiger partial charge in [-0.3, -0.25) is 4.79 Å². The summed E-state index contributed by atoms with van der Waals surface area (Å²) in [5, 5.41) is 10.5. The van der Waals surface area contributed by atoms with Crippen molar-refractivity contribution < 1.29 is 14.6 Å². The van der Waals surface area contributed by atoms with Gasteiger partial charge in [-0.05, 0) is 24.3 Å². The standard InChI is InChI=1S/C15H13N3O3/c1-21-11-2-3-12-9(7-11)6-10-8-16-13(4-5-14(19)20)18-15(10)17-12/h2-3,6-8H,4-5H2,1H3,(H,19,20). The number of ether oxygens (including phenoxy) is 1. The van der Waals surface area contributed by atoms with Crippen LogP contribution in [0.2, 0.25) is 0 Å². The molecule has 0 aliphatic carbocycles. The average molecular weight is 283 g/mol. The van der Waals surface area contributed by atoms with Gasteiger partial charge in [-0.2, -0.15) is 0 Å². The van der Waals surface area contributed by atoms with Crippen LogP contribution in [0.3, 0.4) is 0 Å². The van der Waals surface area contributed by atoms with E-state index in [4.69, 9.17) is 9.84 Å². The van der Waals surface area contributed by atoms with E-state index in [1.165, 1.54) is 0 Å². The van der Waals surface area contributed by atoms with Crippen LogP contribution in [0.5, 0.6) is 5.75 Å². The van der Waals surface area contributed by atoms with Gasteiger partial charge in [0.25, 0.3) is 0 Å². The molecule has 6 nitrogen and oxygen atoms in total. The summed E-state index contributed by atoms with van der Waals surface area (Å²) in [4.78, 5) is 23.6. The van der Waals surface area contributed by atoms with Gasteiger partial charge in [-0.1, -0.05) is 0 Å². The Morgan fingerprint density at radius 3 is 2.86 bits per heavy atom. The zero-order chi connectivity index (χ0) is 14.8. The number of nitrogens with zero attached hydrogens (tertiary/aromatic N) is 3. The van der Waals surface area contributed by atoms with Crippen molar-refractivity contribution in [1.82, 2.24) is 15.0 Å². The highest BCUT2D eigenvalue weighted by Gasteiger charge is 2.06. The van der Waals surface area contributed by atoms with E-state index in [0.29, 0.717) is 17.9 Å². The number of aromatic nitrogens is 3. The molecule has 0 amide bonds. The normalized spacial score (nSPS) is 10.9. The Bertz CT molecular complexity index is 833. The fourth-order valence-electron chi connectivity index (χ4n) is 2.11. The molecule has 1 N–H and O–H groups in total. The van der Waals surface area contributed by atoms with Crippen molar-refractivity contribution in [1.29, 1.82) is 0 Å². The second-order valence-electron chi connectivity index (χ2n) is 4.64. The van der Waals surface area contributed by atoms with Gasteiger partial charge in [0.05, 0.1) is 19.0 Å². The van der Waals surface area contributed by atoms with E-state index in [9.17, 15) is 4.79 Å². The number of carbonyl (C=O) groups is 1. The number of methoxy groups -OCH3 is 1. The lowest BCUT2D eigenvalue weighted by Gasteiger charge is -2.04. The second-order valence-corrected chi connectivity index (χ2v) is 4.64. The van der Waals surface area contributed by atoms with Crippen molar-refractivity contribution in [3.63, 3.8) is 0 Å².